The molecule has 0 aromatic rings. The van der Waals surface area contributed by atoms with Crippen molar-refractivity contribution < 1.29 is 0 Å². The number of hydrogen-bond donors (Lipinski definition) is 2. The maximum absolute atomic E-state index is 5.03. The van der Waals surface area contributed by atoms with Crippen LogP contribution in [-0.4, -0.2) is 45.0 Å². The number of nitrogens with one attached hydrogen (secondary N) is 2. The van der Waals surface area contributed by atoms with Crippen LogP contribution >= 0.6 is 23.5 Å². The van der Waals surface area contributed by atoms with Crippen molar-refractivity contribution >= 4 is 33.9 Å². The molecule has 1 aliphatic carbocycles. The number of rotatable bonds is 2. The van der Waals surface area contributed by atoms with Crippen molar-refractivity contribution in [3.05, 3.63) is 0 Å². The van der Waals surface area contributed by atoms with Crippen molar-refractivity contribution in [2.75, 3.05) is 11.5 Å². The molecule has 124 valence electrons. The van der Waals surface area contributed by atoms with Crippen LogP contribution in [0.4, 0.5) is 0 Å². The molecule has 6 heteroatoms. The lowest BCUT2D eigenvalue weighted by molar-refractivity contribution is 0.362. The summed E-state index contributed by atoms with van der Waals surface area (Å²) in [6.45, 7) is 8.89. The summed E-state index contributed by atoms with van der Waals surface area (Å²) in [5.74, 6) is 2.18. The Morgan fingerprint density at radius 3 is 2.55 bits per heavy atom. The van der Waals surface area contributed by atoms with Crippen molar-refractivity contribution in [3.8, 4) is 0 Å². The lowest BCUT2D eigenvalue weighted by atomic mass is 9.91. The van der Waals surface area contributed by atoms with Crippen molar-refractivity contribution in [2.24, 2.45) is 9.98 Å². The Bertz CT molecular complexity index is 485. The van der Waals surface area contributed by atoms with Crippen molar-refractivity contribution in [1.29, 1.82) is 0 Å². The summed E-state index contributed by atoms with van der Waals surface area (Å²) in [5, 5.41) is 9.49. The highest BCUT2D eigenvalue weighted by Gasteiger charge is 2.32. The fourth-order valence-corrected chi connectivity index (χ4v) is 5.31. The zero-order valence-electron chi connectivity index (χ0n) is 14.1. The first kappa shape index (κ1) is 16.5. The van der Waals surface area contributed by atoms with Gasteiger partial charge in [-0.2, -0.15) is 0 Å². The van der Waals surface area contributed by atoms with E-state index in [1.54, 1.807) is 0 Å². The summed E-state index contributed by atoms with van der Waals surface area (Å²) < 4.78 is 0. The number of thioether (sulfide) groups is 2. The maximum Gasteiger partial charge on any atom is 0.157 e. The molecule has 0 radical (unpaired) electrons. The van der Waals surface area contributed by atoms with Crippen molar-refractivity contribution in [1.82, 2.24) is 10.6 Å². The monoisotopic (exact) mass is 340 g/mol. The lowest BCUT2D eigenvalue weighted by Gasteiger charge is -2.30. The Morgan fingerprint density at radius 1 is 1.14 bits per heavy atom. The molecule has 0 spiro atoms. The third kappa shape index (κ3) is 4.13. The van der Waals surface area contributed by atoms with Crippen LogP contribution in [0.2, 0.25) is 0 Å². The molecule has 0 aromatic carbocycles. The van der Waals surface area contributed by atoms with Crippen LogP contribution in [0.5, 0.6) is 0 Å². The Kier molecular flexibility index (Phi) is 4.70. The molecular formula is C16H28N4S2. The fraction of sp³-hybridized carbons (Fsp3) is 0.875. The Morgan fingerprint density at radius 2 is 1.91 bits per heavy atom. The third-order valence-corrected chi connectivity index (χ3v) is 6.98. The summed E-state index contributed by atoms with van der Waals surface area (Å²) in [6, 6.07) is 0.817. The molecule has 3 rings (SSSR count). The van der Waals surface area contributed by atoms with E-state index in [-0.39, 0.29) is 11.1 Å². The summed E-state index contributed by atoms with van der Waals surface area (Å²) in [6.07, 6.45) is 4.98. The molecule has 0 amide bonds. The molecule has 2 aliphatic heterocycles. The van der Waals surface area contributed by atoms with Gasteiger partial charge in [-0.3, -0.25) is 9.98 Å². The minimum absolute atomic E-state index is 0.0793. The topological polar surface area (TPSA) is 48.8 Å². The molecule has 4 nitrogen and oxygen atoms in total. The van der Waals surface area contributed by atoms with Crippen LogP contribution in [0.25, 0.3) is 0 Å². The number of aliphatic imine (C=N–C) groups is 2. The Hall–Kier alpha value is -0.360. The van der Waals surface area contributed by atoms with Gasteiger partial charge in [0.05, 0.1) is 17.6 Å². The zero-order chi connectivity index (χ0) is 15.8. The predicted octanol–water partition coefficient (Wildman–Crippen LogP) is 3.24. The molecule has 2 N–H and O–H groups in total. The SMILES string of the molecule is CC1(C)CSC(N[C@@H]2CCCC[C@H]2N=C2NC(C)(C)CS2)=N1. The van der Waals surface area contributed by atoms with Gasteiger partial charge >= 0.3 is 0 Å². The van der Waals surface area contributed by atoms with Gasteiger partial charge in [-0.15, -0.1) is 0 Å². The number of nitrogens with zero attached hydrogens (tertiary/aromatic N) is 2. The third-order valence-electron chi connectivity index (χ3n) is 4.30. The van der Waals surface area contributed by atoms with Gasteiger partial charge in [-0.25, -0.2) is 0 Å². The molecule has 0 unspecified atom stereocenters. The second-order valence-electron chi connectivity index (χ2n) is 7.85. The van der Waals surface area contributed by atoms with Crippen LogP contribution in [-0.2, 0) is 0 Å². The van der Waals surface area contributed by atoms with Gasteiger partial charge < -0.3 is 10.6 Å². The minimum atomic E-state index is 0.0793. The average Bonchev–Trinajstić information content (AvgIpc) is 2.94. The van der Waals surface area contributed by atoms with E-state index in [1.807, 2.05) is 23.5 Å². The van der Waals surface area contributed by atoms with Gasteiger partial charge in [0, 0.05) is 17.0 Å². The molecule has 0 aromatic heterocycles. The van der Waals surface area contributed by atoms with Crippen LogP contribution < -0.4 is 10.6 Å². The van der Waals surface area contributed by atoms with Gasteiger partial charge in [0.15, 0.2) is 10.3 Å². The highest BCUT2D eigenvalue weighted by atomic mass is 32.2. The van der Waals surface area contributed by atoms with Crippen LogP contribution in [0.15, 0.2) is 9.98 Å². The largest absolute Gasteiger partial charge is 0.360 e. The second kappa shape index (κ2) is 6.27. The van der Waals surface area contributed by atoms with Gasteiger partial charge in [-0.1, -0.05) is 36.4 Å². The average molecular weight is 341 g/mol. The first-order valence-electron chi connectivity index (χ1n) is 8.31. The van der Waals surface area contributed by atoms with Gasteiger partial charge in [-0.05, 0) is 40.5 Å². The molecule has 1 saturated carbocycles. The molecule has 22 heavy (non-hydrogen) atoms. The Balaban J connectivity index is 1.66. The van der Waals surface area contributed by atoms with Crippen molar-refractivity contribution in [3.63, 3.8) is 0 Å². The first-order valence-corrected chi connectivity index (χ1v) is 10.3. The van der Waals surface area contributed by atoms with Crippen LogP contribution in [0.1, 0.15) is 53.4 Å². The number of hydrogen-bond acceptors (Lipinski definition) is 5. The van der Waals surface area contributed by atoms with E-state index in [0.717, 1.165) is 21.8 Å². The summed E-state index contributed by atoms with van der Waals surface area (Å²) in [5.41, 5.74) is 0.256. The van der Waals surface area contributed by atoms with Crippen LogP contribution in [0, 0.1) is 0 Å². The molecule has 2 heterocycles. The van der Waals surface area contributed by atoms with Gasteiger partial charge in [0.1, 0.15) is 0 Å². The van der Waals surface area contributed by atoms with E-state index in [2.05, 4.69) is 38.3 Å². The van der Waals surface area contributed by atoms with Gasteiger partial charge in [0.25, 0.3) is 0 Å². The molecule has 0 bridgehead atoms. The molecule has 2 atom stereocenters. The standard InChI is InChI=1S/C16H28N4S2/c1-15(2)9-21-13(19-15)17-11-7-5-6-8-12(11)18-14-20-16(3,4)10-22-14/h11-12H,5-10H2,1-4H3,(H,17,19)(H,18,20)/t11-,12-/m1/s1. The van der Waals surface area contributed by atoms with Gasteiger partial charge in [0.2, 0.25) is 0 Å². The molecule has 1 saturated heterocycles. The van der Waals surface area contributed by atoms with E-state index in [1.165, 1.54) is 25.7 Å². The van der Waals surface area contributed by atoms with Crippen molar-refractivity contribution in [2.45, 2.75) is 76.5 Å². The van der Waals surface area contributed by atoms with E-state index in [4.69, 9.17) is 9.98 Å². The van der Waals surface area contributed by atoms with E-state index < -0.39 is 0 Å². The summed E-state index contributed by atoms with van der Waals surface area (Å²) in [7, 11) is 0. The summed E-state index contributed by atoms with van der Waals surface area (Å²) >= 11 is 3.72. The number of amidine groups is 2. The maximum atomic E-state index is 5.03. The highest BCUT2D eigenvalue weighted by Crippen LogP contribution is 2.29. The first-order chi connectivity index (χ1) is 10.3. The minimum Gasteiger partial charge on any atom is -0.360 e. The smallest absolute Gasteiger partial charge is 0.157 e. The zero-order valence-corrected chi connectivity index (χ0v) is 15.7. The van der Waals surface area contributed by atoms with E-state index in [9.17, 15) is 0 Å². The second-order valence-corrected chi connectivity index (χ2v) is 9.78. The lowest BCUT2D eigenvalue weighted by Crippen LogP contribution is -2.44. The summed E-state index contributed by atoms with van der Waals surface area (Å²) in [4.78, 5) is 9.84. The van der Waals surface area contributed by atoms with E-state index >= 15 is 0 Å². The quantitative estimate of drug-likeness (QED) is 0.810. The molecular weight excluding hydrogens is 312 g/mol. The molecule has 3 aliphatic rings. The normalized spacial score (nSPS) is 35.3. The van der Waals surface area contributed by atoms with Crippen LogP contribution in [0.3, 0.4) is 0 Å². The van der Waals surface area contributed by atoms with E-state index in [0.29, 0.717) is 12.1 Å². The highest BCUT2D eigenvalue weighted by molar-refractivity contribution is 8.14. The molecule has 2 fully saturated rings. The predicted molar refractivity (Wildman–Crippen MR) is 100 cm³/mol. The fourth-order valence-electron chi connectivity index (χ4n) is 3.08. The Labute approximate surface area is 142 Å².